The quantitative estimate of drug-likeness (QED) is 0.441. The van der Waals surface area contributed by atoms with Crippen molar-refractivity contribution in [1.82, 2.24) is 10.6 Å². The van der Waals surface area contributed by atoms with Gasteiger partial charge in [0.2, 0.25) is 0 Å². The van der Waals surface area contributed by atoms with Gasteiger partial charge >= 0.3 is 0 Å². The van der Waals surface area contributed by atoms with E-state index in [2.05, 4.69) is 46.0 Å². The van der Waals surface area contributed by atoms with Gasteiger partial charge in [0, 0.05) is 26.7 Å². The van der Waals surface area contributed by atoms with Crippen LogP contribution in [0.3, 0.4) is 0 Å². The number of aliphatic imine (C=N–C) groups is 1. The first kappa shape index (κ1) is 16.8. The second kappa shape index (κ2) is 10.2. The van der Waals surface area contributed by atoms with Crippen molar-refractivity contribution in [3.8, 4) is 0 Å². The van der Waals surface area contributed by atoms with Gasteiger partial charge in [-0.05, 0) is 37.7 Å². The molecule has 0 bridgehead atoms. The number of aryl methyl sites for hydroxylation is 1. The molecular formula is C18H29N3O. The summed E-state index contributed by atoms with van der Waals surface area (Å²) in [5.74, 6) is 0.888. The van der Waals surface area contributed by atoms with Crippen LogP contribution in [0, 0.1) is 0 Å². The molecule has 4 heteroatoms. The van der Waals surface area contributed by atoms with E-state index in [1.165, 1.54) is 37.7 Å². The zero-order chi connectivity index (χ0) is 15.5. The highest BCUT2D eigenvalue weighted by Gasteiger charge is 2.15. The number of hydrogen-bond acceptors (Lipinski definition) is 2. The Bertz CT molecular complexity index is 427. The first-order valence-corrected chi connectivity index (χ1v) is 8.48. The average Bonchev–Trinajstić information content (AvgIpc) is 3.08. The molecule has 4 nitrogen and oxygen atoms in total. The van der Waals surface area contributed by atoms with E-state index in [0.717, 1.165) is 32.1 Å². The van der Waals surface area contributed by atoms with Crippen LogP contribution in [0.2, 0.25) is 0 Å². The summed E-state index contributed by atoms with van der Waals surface area (Å²) in [5.41, 5.74) is 1.43. The standard InChI is InChI=1S/C18H29N3O/c1-19-18(21-15-17-12-8-14-22-17)20-13-7-3-6-11-16-9-4-2-5-10-16/h2,4-5,9-10,17H,3,6-8,11-15H2,1H3,(H2,19,20,21). The fourth-order valence-corrected chi connectivity index (χ4v) is 2.72. The molecule has 1 saturated heterocycles. The molecule has 1 atom stereocenters. The van der Waals surface area contributed by atoms with Crippen molar-refractivity contribution >= 4 is 5.96 Å². The van der Waals surface area contributed by atoms with Crippen LogP contribution in [-0.2, 0) is 11.2 Å². The van der Waals surface area contributed by atoms with Gasteiger partial charge in [-0.2, -0.15) is 0 Å². The highest BCUT2D eigenvalue weighted by atomic mass is 16.5. The van der Waals surface area contributed by atoms with Crippen LogP contribution >= 0.6 is 0 Å². The molecule has 1 aliphatic heterocycles. The van der Waals surface area contributed by atoms with Gasteiger partial charge in [-0.15, -0.1) is 0 Å². The molecule has 0 radical (unpaired) electrons. The SMILES string of the molecule is CN=C(NCCCCCc1ccccc1)NCC1CCCO1. The van der Waals surface area contributed by atoms with Crippen LogP contribution < -0.4 is 10.6 Å². The summed E-state index contributed by atoms with van der Waals surface area (Å²) in [4.78, 5) is 4.25. The molecule has 122 valence electrons. The number of guanidine groups is 1. The van der Waals surface area contributed by atoms with E-state index in [9.17, 15) is 0 Å². The summed E-state index contributed by atoms with van der Waals surface area (Å²) in [5, 5.41) is 6.72. The lowest BCUT2D eigenvalue weighted by molar-refractivity contribution is 0.114. The molecule has 1 aromatic rings. The minimum absolute atomic E-state index is 0.351. The van der Waals surface area contributed by atoms with Gasteiger partial charge in [0.1, 0.15) is 0 Å². The number of nitrogens with zero attached hydrogens (tertiary/aromatic N) is 1. The van der Waals surface area contributed by atoms with Crippen molar-refractivity contribution in [2.75, 3.05) is 26.7 Å². The number of hydrogen-bond donors (Lipinski definition) is 2. The van der Waals surface area contributed by atoms with Crippen LogP contribution in [0.25, 0.3) is 0 Å². The van der Waals surface area contributed by atoms with Gasteiger partial charge in [0.25, 0.3) is 0 Å². The molecule has 1 aromatic carbocycles. The summed E-state index contributed by atoms with van der Waals surface area (Å²) in [6, 6.07) is 10.7. The van der Waals surface area contributed by atoms with E-state index in [1.807, 2.05) is 7.05 Å². The van der Waals surface area contributed by atoms with E-state index in [-0.39, 0.29) is 0 Å². The number of rotatable bonds is 8. The molecule has 2 rings (SSSR count). The second-order valence-corrected chi connectivity index (χ2v) is 5.81. The molecule has 0 aliphatic carbocycles. The van der Waals surface area contributed by atoms with Crippen LogP contribution in [0.4, 0.5) is 0 Å². The third kappa shape index (κ3) is 6.48. The van der Waals surface area contributed by atoms with E-state index in [0.29, 0.717) is 6.10 Å². The predicted octanol–water partition coefficient (Wildman–Crippen LogP) is 2.74. The van der Waals surface area contributed by atoms with Crippen molar-refractivity contribution < 1.29 is 4.74 Å². The molecule has 2 N–H and O–H groups in total. The van der Waals surface area contributed by atoms with Crippen LogP contribution in [0.15, 0.2) is 35.3 Å². The van der Waals surface area contributed by atoms with Crippen LogP contribution in [0.1, 0.15) is 37.7 Å². The Balaban J connectivity index is 1.49. The van der Waals surface area contributed by atoms with Gasteiger partial charge in [0.05, 0.1) is 6.10 Å². The van der Waals surface area contributed by atoms with Crippen LogP contribution in [0.5, 0.6) is 0 Å². The first-order chi connectivity index (χ1) is 10.9. The fraction of sp³-hybridized carbons (Fsp3) is 0.611. The van der Waals surface area contributed by atoms with Crippen molar-refractivity contribution in [2.45, 2.75) is 44.6 Å². The maximum atomic E-state index is 5.60. The van der Waals surface area contributed by atoms with Gasteiger partial charge in [0.15, 0.2) is 5.96 Å². The van der Waals surface area contributed by atoms with E-state index >= 15 is 0 Å². The fourth-order valence-electron chi connectivity index (χ4n) is 2.72. The third-order valence-electron chi connectivity index (χ3n) is 4.02. The van der Waals surface area contributed by atoms with E-state index in [1.54, 1.807) is 0 Å². The highest BCUT2D eigenvalue weighted by molar-refractivity contribution is 5.79. The zero-order valence-electron chi connectivity index (χ0n) is 13.7. The Kier molecular flexibility index (Phi) is 7.81. The molecule has 1 heterocycles. The highest BCUT2D eigenvalue weighted by Crippen LogP contribution is 2.10. The monoisotopic (exact) mass is 303 g/mol. The minimum atomic E-state index is 0.351. The van der Waals surface area contributed by atoms with Gasteiger partial charge in [-0.1, -0.05) is 36.8 Å². The molecule has 0 aromatic heterocycles. The molecule has 0 amide bonds. The Morgan fingerprint density at radius 2 is 2.05 bits per heavy atom. The van der Waals surface area contributed by atoms with Gasteiger partial charge < -0.3 is 15.4 Å². The molecule has 1 aliphatic rings. The lowest BCUT2D eigenvalue weighted by Crippen LogP contribution is -2.41. The lowest BCUT2D eigenvalue weighted by atomic mass is 10.1. The smallest absolute Gasteiger partial charge is 0.191 e. The second-order valence-electron chi connectivity index (χ2n) is 5.81. The summed E-state index contributed by atoms with van der Waals surface area (Å²) in [6.45, 7) is 2.73. The first-order valence-electron chi connectivity index (χ1n) is 8.48. The lowest BCUT2D eigenvalue weighted by Gasteiger charge is -2.15. The summed E-state index contributed by atoms with van der Waals surface area (Å²) >= 11 is 0. The third-order valence-corrected chi connectivity index (χ3v) is 4.02. The molecule has 22 heavy (non-hydrogen) atoms. The largest absolute Gasteiger partial charge is 0.376 e. The van der Waals surface area contributed by atoms with Crippen LogP contribution in [-0.4, -0.2) is 38.8 Å². The molecule has 1 unspecified atom stereocenters. The average molecular weight is 303 g/mol. The maximum Gasteiger partial charge on any atom is 0.191 e. The zero-order valence-corrected chi connectivity index (χ0v) is 13.7. The minimum Gasteiger partial charge on any atom is -0.376 e. The summed E-state index contributed by atoms with van der Waals surface area (Å²) < 4.78 is 5.60. The Hall–Kier alpha value is -1.55. The van der Waals surface area contributed by atoms with Crippen molar-refractivity contribution in [3.63, 3.8) is 0 Å². The number of benzene rings is 1. The number of nitrogens with one attached hydrogen (secondary N) is 2. The molecule has 0 spiro atoms. The van der Waals surface area contributed by atoms with E-state index < -0.39 is 0 Å². The topological polar surface area (TPSA) is 45.7 Å². The normalized spacial score (nSPS) is 18.4. The van der Waals surface area contributed by atoms with Crippen molar-refractivity contribution in [1.29, 1.82) is 0 Å². The molecular weight excluding hydrogens is 274 g/mol. The van der Waals surface area contributed by atoms with Gasteiger partial charge in [-0.3, -0.25) is 4.99 Å². The Morgan fingerprint density at radius 1 is 1.18 bits per heavy atom. The van der Waals surface area contributed by atoms with Crippen molar-refractivity contribution in [2.24, 2.45) is 4.99 Å². The van der Waals surface area contributed by atoms with E-state index in [4.69, 9.17) is 4.74 Å². The van der Waals surface area contributed by atoms with Gasteiger partial charge in [-0.25, -0.2) is 0 Å². The molecule has 0 saturated carbocycles. The predicted molar refractivity (Wildman–Crippen MR) is 92.3 cm³/mol. The Morgan fingerprint density at radius 3 is 2.77 bits per heavy atom. The molecule has 1 fully saturated rings. The summed E-state index contributed by atoms with van der Waals surface area (Å²) in [7, 11) is 1.82. The Labute approximate surface area is 134 Å². The maximum absolute atomic E-state index is 5.60. The van der Waals surface area contributed by atoms with Crippen molar-refractivity contribution in [3.05, 3.63) is 35.9 Å². The summed E-state index contributed by atoms with van der Waals surface area (Å²) in [6.07, 6.45) is 7.52. The number of ether oxygens (including phenoxy) is 1. The number of unbranched alkanes of at least 4 members (excludes halogenated alkanes) is 2.